The Balaban J connectivity index is 1.72. The second-order valence-electron chi connectivity index (χ2n) is 5.33. The van der Waals surface area contributed by atoms with Crippen LogP contribution in [0.15, 0.2) is 59.8 Å². The van der Waals surface area contributed by atoms with Gasteiger partial charge in [0.2, 0.25) is 10.0 Å². The van der Waals surface area contributed by atoms with Crippen molar-refractivity contribution in [1.29, 1.82) is 0 Å². The molecule has 0 spiro atoms. The zero-order valence-electron chi connectivity index (χ0n) is 13.6. The van der Waals surface area contributed by atoms with Crippen LogP contribution in [0.5, 0.6) is 0 Å². The van der Waals surface area contributed by atoms with Crippen molar-refractivity contribution < 1.29 is 17.9 Å². The van der Waals surface area contributed by atoms with E-state index >= 15 is 0 Å². The van der Waals surface area contributed by atoms with Gasteiger partial charge in [-0.05, 0) is 30.3 Å². The van der Waals surface area contributed by atoms with Gasteiger partial charge in [-0.3, -0.25) is 0 Å². The third-order valence-electron chi connectivity index (χ3n) is 3.51. The molecule has 0 aliphatic heterocycles. The van der Waals surface area contributed by atoms with Gasteiger partial charge in [0.05, 0.1) is 22.7 Å². The van der Waals surface area contributed by atoms with E-state index in [0.29, 0.717) is 5.69 Å². The Hall–Kier alpha value is -3.15. The number of ether oxygens (including phenoxy) is 1. The number of nitrogens with one attached hydrogen (secondary N) is 1. The molecule has 0 unspecified atom stereocenters. The molecule has 7 nitrogen and oxygen atoms in total. The largest absolute Gasteiger partial charge is 0.456 e. The number of hydrogen-bond donors (Lipinski definition) is 1. The lowest BCUT2D eigenvalue weighted by molar-refractivity contribution is 0.0468. The van der Waals surface area contributed by atoms with E-state index in [-0.39, 0.29) is 23.6 Å². The van der Waals surface area contributed by atoms with Gasteiger partial charge in [-0.1, -0.05) is 18.1 Å². The standard InChI is InChI=1S/C18H15N3O4S/c1-2-9-19-26(23,24)16-7-5-6-14(11-16)18(22)25-13-15-12-21-10-4-3-8-17(21)20-15/h1,3-8,10-12,19H,9,13H2. The Morgan fingerprint density at radius 1 is 1.27 bits per heavy atom. The molecule has 2 aromatic heterocycles. The molecule has 2 heterocycles. The van der Waals surface area contributed by atoms with E-state index < -0.39 is 16.0 Å². The Morgan fingerprint density at radius 2 is 2.12 bits per heavy atom. The number of aromatic nitrogens is 2. The maximum absolute atomic E-state index is 12.2. The number of pyridine rings is 1. The summed E-state index contributed by atoms with van der Waals surface area (Å²) < 4.78 is 33.4. The first-order valence-electron chi connectivity index (χ1n) is 7.62. The van der Waals surface area contributed by atoms with Gasteiger partial charge in [0.15, 0.2) is 0 Å². The Morgan fingerprint density at radius 3 is 2.88 bits per heavy atom. The molecule has 132 valence electrons. The summed E-state index contributed by atoms with van der Waals surface area (Å²) in [6.07, 6.45) is 8.65. The highest BCUT2D eigenvalue weighted by Gasteiger charge is 2.16. The van der Waals surface area contributed by atoms with Gasteiger partial charge in [-0.15, -0.1) is 6.42 Å². The first-order valence-corrected chi connectivity index (χ1v) is 9.11. The summed E-state index contributed by atoms with van der Waals surface area (Å²) in [5.41, 5.74) is 1.45. The van der Waals surface area contributed by atoms with E-state index in [4.69, 9.17) is 11.2 Å². The highest BCUT2D eigenvalue weighted by Crippen LogP contribution is 2.13. The molecule has 0 fully saturated rings. The van der Waals surface area contributed by atoms with Crippen molar-refractivity contribution in [3.8, 4) is 12.3 Å². The Bertz CT molecular complexity index is 1060. The van der Waals surface area contributed by atoms with E-state index in [1.165, 1.54) is 24.3 Å². The van der Waals surface area contributed by atoms with Crippen LogP contribution in [0.25, 0.3) is 5.65 Å². The zero-order valence-corrected chi connectivity index (χ0v) is 14.4. The SMILES string of the molecule is C#CCNS(=O)(=O)c1cccc(C(=O)OCc2cn3ccccc3n2)c1. The maximum atomic E-state index is 12.2. The van der Waals surface area contributed by atoms with Gasteiger partial charge >= 0.3 is 5.97 Å². The van der Waals surface area contributed by atoms with Crippen LogP contribution in [-0.2, 0) is 21.4 Å². The molecule has 1 N–H and O–H groups in total. The predicted molar refractivity (Wildman–Crippen MR) is 94.8 cm³/mol. The molecule has 3 rings (SSSR count). The molecule has 3 aromatic rings. The lowest BCUT2D eigenvalue weighted by Gasteiger charge is -2.07. The van der Waals surface area contributed by atoms with E-state index in [1.54, 1.807) is 6.20 Å². The van der Waals surface area contributed by atoms with E-state index in [0.717, 1.165) is 5.65 Å². The van der Waals surface area contributed by atoms with Crippen molar-refractivity contribution in [2.24, 2.45) is 0 Å². The minimum atomic E-state index is -3.78. The summed E-state index contributed by atoms with van der Waals surface area (Å²) in [6.45, 7) is -0.155. The number of imidazole rings is 1. The summed E-state index contributed by atoms with van der Waals surface area (Å²) in [4.78, 5) is 16.5. The summed E-state index contributed by atoms with van der Waals surface area (Å²) in [5.74, 6) is 1.55. The van der Waals surface area contributed by atoms with Crippen molar-refractivity contribution in [1.82, 2.24) is 14.1 Å². The van der Waals surface area contributed by atoms with Crippen LogP contribution in [-0.4, -0.2) is 30.3 Å². The molecular weight excluding hydrogens is 354 g/mol. The average molecular weight is 369 g/mol. The number of rotatable bonds is 6. The summed E-state index contributed by atoms with van der Waals surface area (Å²) in [5, 5.41) is 0. The van der Waals surface area contributed by atoms with Gasteiger partial charge < -0.3 is 9.14 Å². The first-order chi connectivity index (χ1) is 12.5. The molecule has 8 heteroatoms. The number of carbonyl (C=O) groups is 1. The first kappa shape index (κ1) is 17.7. The lowest BCUT2D eigenvalue weighted by Crippen LogP contribution is -2.24. The van der Waals surface area contributed by atoms with Crippen LogP contribution in [0.4, 0.5) is 0 Å². The number of terminal acetylenes is 1. The van der Waals surface area contributed by atoms with Crippen LogP contribution in [0.1, 0.15) is 16.1 Å². The number of carbonyl (C=O) groups excluding carboxylic acids is 1. The van der Waals surface area contributed by atoms with Crippen LogP contribution < -0.4 is 4.72 Å². The van der Waals surface area contributed by atoms with Crippen LogP contribution in [0.2, 0.25) is 0 Å². The molecule has 0 atom stereocenters. The second kappa shape index (κ2) is 7.39. The number of nitrogens with zero attached hydrogens (tertiary/aromatic N) is 2. The van der Waals surface area contributed by atoms with Gasteiger partial charge in [0, 0.05) is 12.4 Å². The van der Waals surface area contributed by atoms with Crippen molar-refractivity contribution in [2.45, 2.75) is 11.5 Å². The molecule has 0 amide bonds. The van der Waals surface area contributed by atoms with Gasteiger partial charge in [0.25, 0.3) is 0 Å². The highest BCUT2D eigenvalue weighted by molar-refractivity contribution is 7.89. The highest BCUT2D eigenvalue weighted by atomic mass is 32.2. The third kappa shape index (κ3) is 3.91. The van der Waals surface area contributed by atoms with E-state index in [1.807, 2.05) is 28.8 Å². The molecule has 0 aliphatic rings. The molecule has 26 heavy (non-hydrogen) atoms. The summed E-state index contributed by atoms with van der Waals surface area (Å²) in [6, 6.07) is 11.1. The number of fused-ring (bicyclic) bond motifs is 1. The smallest absolute Gasteiger partial charge is 0.338 e. The maximum Gasteiger partial charge on any atom is 0.338 e. The lowest BCUT2D eigenvalue weighted by atomic mass is 10.2. The zero-order chi connectivity index (χ0) is 18.6. The predicted octanol–water partition coefficient (Wildman–Crippen LogP) is 1.60. The number of sulfonamides is 1. The Labute approximate surface area is 150 Å². The molecule has 0 saturated carbocycles. The number of esters is 1. The average Bonchev–Trinajstić information content (AvgIpc) is 3.07. The molecular formula is C18H15N3O4S. The quantitative estimate of drug-likeness (QED) is 0.527. The molecule has 1 aromatic carbocycles. The van der Waals surface area contributed by atoms with Gasteiger partial charge in [-0.2, -0.15) is 4.72 Å². The number of hydrogen-bond acceptors (Lipinski definition) is 5. The molecule has 0 aliphatic carbocycles. The second-order valence-corrected chi connectivity index (χ2v) is 7.10. The minimum Gasteiger partial charge on any atom is -0.456 e. The molecule has 0 bridgehead atoms. The molecule has 0 saturated heterocycles. The topological polar surface area (TPSA) is 89.8 Å². The normalized spacial score (nSPS) is 11.2. The minimum absolute atomic E-state index is 0.0210. The van der Waals surface area contributed by atoms with Crippen LogP contribution in [0.3, 0.4) is 0 Å². The van der Waals surface area contributed by atoms with Gasteiger partial charge in [-0.25, -0.2) is 18.2 Å². The van der Waals surface area contributed by atoms with Crippen LogP contribution in [0, 0.1) is 12.3 Å². The number of benzene rings is 1. The molecule has 0 radical (unpaired) electrons. The fourth-order valence-corrected chi connectivity index (χ4v) is 3.27. The van der Waals surface area contributed by atoms with Crippen molar-refractivity contribution in [3.63, 3.8) is 0 Å². The fraction of sp³-hybridized carbons (Fsp3) is 0.111. The summed E-state index contributed by atoms with van der Waals surface area (Å²) in [7, 11) is -3.78. The monoisotopic (exact) mass is 369 g/mol. The van der Waals surface area contributed by atoms with E-state index in [9.17, 15) is 13.2 Å². The third-order valence-corrected chi connectivity index (χ3v) is 4.91. The van der Waals surface area contributed by atoms with Crippen molar-refractivity contribution in [2.75, 3.05) is 6.54 Å². The Kier molecular flexibility index (Phi) is 5.02. The van der Waals surface area contributed by atoms with E-state index in [2.05, 4.69) is 15.6 Å². The fourth-order valence-electron chi connectivity index (χ4n) is 2.29. The summed E-state index contributed by atoms with van der Waals surface area (Å²) >= 11 is 0. The van der Waals surface area contributed by atoms with Crippen molar-refractivity contribution in [3.05, 3.63) is 66.1 Å². The van der Waals surface area contributed by atoms with Crippen molar-refractivity contribution >= 4 is 21.6 Å². The van der Waals surface area contributed by atoms with Gasteiger partial charge in [0.1, 0.15) is 12.3 Å². The van der Waals surface area contributed by atoms with Crippen LogP contribution >= 0.6 is 0 Å².